The van der Waals surface area contributed by atoms with Gasteiger partial charge in [-0.25, -0.2) is 0 Å². The number of nitrogens with one attached hydrogen (secondary N) is 1. The van der Waals surface area contributed by atoms with Crippen LogP contribution in [-0.2, 0) is 4.74 Å². The van der Waals surface area contributed by atoms with Gasteiger partial charge in [-0.2, -0.15) is 0 Å². The van der Waals surface area contributed by atoms with E-state index in [9.17, 15) is 5.11 Å². The summed E-state index contributed by atoms with van der Waals surface area (Å²) in [5.41, 5.74) is 0. The van der Waals surface area contributed by atoms with Crippen molar-refractivity contribution >= 4 is 0 Å². The van der Waals surface area contributed by atoms with Crippen LogP contribution in [0.3, 0.4) is 0 Å². The molecule has 1 fully saturated rings. The Bertz CT molecular complexity index is 426. The number of aliphatic hydroxyl groups excluding tert-OH is 1. The molecule has 0 spiro atoms. The highest BCUT2D eigenvalue weighted by molar-refractivity contribution is 5.39. The molecule has 1 aliphatic rings. The maximum atomic E-state index is 10.0. The van der Waals surface area contributed by atoms with Gasteiger partial charge in [-0.15, -0.1) is 0 Å². The van der Waals surface area contributed by atoms with Crippen molar-refractivity contribution in [2.24, 2.45) is 0 Å². The van der Waals surface area contributed by atoms with Gasteiger partial charge in [0.05, 0.1) is 13.2 Å². The summed E-state index contributed by atoms with van der Waals surface area (Å²) in [5.74, 6) is 1.32. The minimum absolute atomic E-state index is 0.234. The predicted molar refractivity (Wildman–Crippen MR) is 80.9 cm³/mol. The van der Waals surface area contributed by atoms with Crippen molar-refractivity contribution in [3.63, 3.8) is 0 Å². The molecule has 1 aromatic rings. The van der Waals surface area contributed by atoms with E-state index in [1.807, 2.05) is 24.3 Å². The third kappa shape index (κ3) is 4.59. The number of para-hydroxylation sites is 2. The zero-order valence-electron chi connectivity index (χ0n) is 12.7. The van der Waals surface area contributed by atoms with Gasteiger partial charge in [-0.1, -0.05) is 12.1 Å². The van der Waals surface area contributed by atoms with Crippen molar-refractivity contribution in [3.8, 4) is 11.5 Å². The van der Waals surface area contributed by atoms with Crippen molar-refractivity contribution in [1.29, 1.82) is 0 Å². The van der Waals surface area contributed by atoms with E-state index >= 15 is 0 Å². The molecule has 5 heteroatoms. The number of rotatable bonds is 8. The van der Waals surface area contributed by atoms with Crippen LogP contribution in [0.2, 0.25) is 0 Å². The molecule has 21 heavy (non-hydrogen) atoms. The zero-order chi connectivity index (χ0) is 15.1. The zero-order valence-corrected chi connectivity index (χ0v) is 12.7. The third-order valence-electron chi connectivity index (χ3n) is 3.87. The third-order valence-corrected chi connectivity index (χ3v) is 3.87. The monoisotopic (exact) mass is 295 g/mol. The number of benzene rings is 1. The van der Waals surface area contributed by atoms with Crippen molar-refractivity contribution in [2.75, 3.05) is 27.4 Å². The minimum Gasteiger partial charge on any atom is -0.493 e. The van der Waals surface area contributed by atoms with E-state index in [0.717, 1.165) is 12.8 Å². The molecule has 0 heterocycles. The molecule has 2 rings (SSSR count). The molecule has 1 saturated carbocycles. The van der Waals surface area contributed by atoms with Crippen LogP contribution in [0.4, 0.5) is 0 Å². The lowest BCUT2D eigenvalue weighted by molar-refractivity contribution is 0.0683. The molecule has 3 atom stereocenters. The molecule has 3 unspecified atom stereocenters. The SMILES string of the molecule is COc1ccccc1OCC(O)CNC1CCCC1OC. The first-order valence-corrected chi connectivity index (χ1v) is 7.44. The lowest BCUT2D eigenvalue weighted by Gasteiger charge is -2.21. The van der Waals surface area contributed by atoms with E-state index < -0.39 is 6.10 Å². The topological polar surface area (TPSA) is 60.0 Å². The standard InChI is InChI=1S/C16H25NO4/c1-19-14-9-5-6-13(14)17-10-12(18)11-21-16-8-4-3-7-15(16)20-2/h3-4,7-8,12-14,17-18H,5-6,9-11H2,1-2H3. The van der Waals surface area contributed by atoms with Gasteiger partial charge in [0.2, 0.25) is 0 Å². The summed E-state index contributed by atoms with van der Waals surface area (Å²) in [6.07, 6.45) is 3.05. The highest BCUT2D eigenvalue weighted by Crippen LogP contribution is 2.26. The van der Waals surface area contributed by atoms with Crippen LogP contribution in [0.25, 0.3) is 0 Å². The molecular weight excluding hydrogens is 270 g/mol. The van der Waals surface area contributed by atoms with Crippen LogP contribution in [0.5, 0.6) is 11.5 Å². The Morgan fingerprint density at radius 2 is 2.00 bits per heavy atom. The van der Waals surface area contributed by atoms with Crippen molar-refractivity contribution in [3.05, 3.63) is 24.3 Å². The lowest BCUT2D eigenvalue weighted by atomic mass is 10.2. The van der Waals surface area contributed by atoms with Gasteiger partial charge in [0.15, 0.2) is 11.5 Å². The van der Waals surface area contributed by atoms with E-state index in [0.29, 0.717) is 24.1 Å². The summed E-state index contributed by atoms with van der Waals surface area (Å²) >= 11 is 0. The average Bonchev–Trinajstić information content (AvgIpc) is 2.98. The smallest absolute Gasteiger partial charge is 0.161 e. The molecule has 0 aliphatic heterocycles. The van der Waals surface area contributed by atoms with Crippen LogP contribution in [-0.4, -0.2) is 50.7 Å². The first-order chi connectivity index (χ1) is 10.2. The van der Waals surface area contributed by atoms with E-state index in [4.69, 9.17) is 14.2 Å². The van der Waals surface area contributed by atoms with E-state index in [1.165, 1.54) is 6.42 Å². The summed E-state index contributed by atoms with van der Waals surface area (Å²) in [5, 5.41) is 13.4. The summed E-state index contributed by atoms with van der Waals surface area (Å²) in [4.78, 5) is 0. The Balaban J connectivity index is 1.73. The Morgan fingerprint density at radius 3 is 2.71 bits per heavy atom. The molecule has 1 aromatic carbocycles. The van der Waals surface area contributed by atoms with Gasteiger partial charge in [0.25, 0.3) is 0 Å². The van der Waals surface area contributed by atoms with Crippen LogP contribution in [0.15, 0.2) is 24.3 Å². The quantitative estimate of drug-likeness (QED) is 0.763. The highest BCUT2D eigenvalue weighted by atomic mass is 16.5. The van der Waals surface area contributed by atoms with Crippen LogP contribution in [0.1, 0.15) is 19.3 Å². The number of methoxy groups -OCH3 is 2. The van der Waals surface area contributed by atoms with E-state index in [2.05, 4.69) is 5.32 Å². The van der Waals surface area contributed by atoms with Gasteiger partial charge in [-0.3, -0.25) is 0 Å². The van der Waals surface area contributed by atoms with Crippen LogP contribution >= 0.6 is 0 Å². The molecule has 1 aliphatic carbocycles. The maximum absolute atomic E-state index is 10.0. The maximum Gasteiger partial charge on any atom is 0.161 e. The number of hydrogen-bond donors (Lipinski definition) is 2. The molecule has 5 nitrogen and oxygen atoms in total. The first kappa shape index (κ1) is 16.1. The van der Waals surface area contributed by atoms with Gasteiger partial charge >= 0.3 is 0 Å². The van der Waals surface area contributed by atoms with Crippen molar-refractivity contribution in [1.82, 2.24) is 5.32 Å². The molecule has 118 valence electrons. The van der Waals surface area contributed by atoms with Gasteiger partial charge in [0, 0.05) is 19.7 Å². The second-order valence-corrected chi connectivity index (χ2v) is 5.34. The van der Waals surface area contributed by atoms with E-state index in [1.54, 1.807) is 14.2 Å². The largest absolute Gasteiger partial charge is 0.493 e. The number of hydrogen-bond acceptors (Lipinski definition) is 5. The Labute approximate surface area is 126 Å². The highest BCUT2D eigenvalue weighted by Gasteiger charge is 2.27. The number of ether oxygens (including phenoxy) is 3. The van der Waals surface area contributed by atoms with Gasteiger partial charge in [0.1, 0.15) is 12.7 Å². The van der Waals surface area contributed by atoms with E-state index in [-0.39, 0.29) is 12.7 Å². The molecule has 0 radical (unpaired) electrons. The molecule has 0 aromatic heterocycles. The predicted octanol–water partition coefficient (Wildman–Crippen LogP) is 1.59. The first-order valence-electron chi connectivity index (χ1n) is 7.44. The number of aliphatic hydroxyl groups is 1. The second-order valence-electron chi connectivity index (χ2n) is 5.34. The normalized spacial score (nSPS) is 23.0. The van der Waals surface area contributed by atoms with Crippen molar-refractivity contribution < 1.29 is 19.3 Å². The Hall–Kier alpha value is -1.30. The molecule has 0 saturated heterocycles. The summed E-state index contributed by atoms with van der Waals surface area (Å²) in [6.45, 7) is 0.734. The minimum atomic E-state index is -0.562. The summed E-state index contributed by atoms with van der Waals surface area (Å²) in [7, 11) is 3.34. The Morgan fingerprint density at radius 1 is 1.24 bits per heavy atom. The lowest BCUT2D eigenvalue weighted by Crippen LogP contribution is -2.42. The Kier molecular flexibility index (Phi) is 6.29. The fourth-order valence-electron chi connectivity index (χ4n) is 2.71. The van der Waals surface area contributed by atoms with Crippen LogP contribution < -0.4 is 14.8 Å². The van der Waals surface area contributed by atoms with Crippen molar-refractivity contribution in [2.45, 2.75) is 37.5 Å². The average molecular weight is 295 g/mol. The molecule has 0 amide bonds. The van der Waals surface area contributed by atoms with Gasteiger partial charge in [-0.05, 0) is 31.4 Å². The molecule has 2 N–H and O–H groups in total. The second kappa shape index (κ2) is 8.22. The fourth-order valence-corrected chi connectivity index (χ4v) is 2.71. The summed E-state index contributed by atoms with van der Waals surface area (Å²) in [6, 6.07) is 7.76. The van der Waals surface area contributed by atoms with Crippen LogP contribution in [0, 0.1) is 0 Å². The summed E-state index contributed by atoms with van der Waals surface area (Å²) < 4.78 is 16.2. The molecular formula is C16H25NO4. The van der Waals surface area contributed by atoms with Gasteiger partial charge < -0.3 is 24.6 Å². The molecule has 0 bridgehead atoms. The fraction of sp³-hybridized carbons (Fsp3) is 0.625.